The summed E-state index contributed by atoms with van der Waals surface area (Å²) in [5, 5.41) is 3.41. The van der Waals surface area contributed by atoms with E-state index in [9.17, 15) is 4.79 Å². The number of amides is 1. The standard InChI is InChI=1S/C17H30N2O2/c1-2-13-3-5-15(6-4-13)19(16-7-8-16)17(20)11-14-12-21-10-9-18-14/h13-16,18H,2-12H2,1H3. The summed E-state index contributed by atoms with van der Waals surface area (Å²) in [5.41, 5.74) is 0. The number of hydrogen-bond donors (Lipinski definition) is 1. The van der Waals surface area contributed by atoms with E-state index in [1.54, 1.807) is 0 Å². The summed E-state index contributed by atoms with van der Waals surface area (Å²) in [4.78, 5) is 15.0. The number of carbonyl (C=O) groups excluding carboxylic acids is 1. The molecule has 3 aliphatic rings. The maximum absolute atomic E-state index is 12.8. The summed E-state index contributed by atoms with van der Waals surface area (Å²) < 4.78 is 5.48. The molecule has 2 saturated carbocycles. The first-order valence-corrected chi connectivity index (χ1v) is 8.90. The molecule has 1 saturated heterocycles. The highest BCUT2D eigenvalue weighted by atomic mass is 16.5. The van der Waals surface area contributed by atoms with Gasteiger partial charge in [0.2, 0.25) is 5.91 Å². The van der Waals surface area contributed by atoms with Crippen LogP contribution in [0.1, 0.15) is 58.3 Å². The predicted octanol–water partition coefficient (Wildman–Crippen LogP) is 2.32. The van der Waals surface area contributed by atoms with Crippen molar-refractivity contribution in [1.82, 2.24) is 10.2 Å². The van der Waals surface area contributed by atoms with Crippen LogP contribution in [0, 0.1) is 5.92 Å². The van der Waals surface area contributed by atoms with Gasteiger partial charge in [-0.15, -0.1) is 0 Å². The zero-order chi connectivity index (χ0) is 14.7. The van der Waals surface area contributed by atoms with Gasteiger partial charge >= 0.3 is 0 Å². The lowest BCUT2D eigenvalue weighted by atomic mass is 9.83. The Labute approximate surface area is 128 Å². The van der Waals surface area contributed by atoms with Crippen LogP contribution in [-0.4, -0.2) is 48.7 Å². The first-order valence-electron chi connectivity index (χ1n) is 8.90. The van der Waals surface area contributed by atoms with E-state index < -0.39 is 0 Å². The zero-order valence-electron chi connectivity index (χ0n) is 13.4. The van der Waals surface area contributed by atoms with Crippen molar-refractivity contribution in [3.8, 4) is 0 Å². The number of hydrogen-bond acceptors (Lipinski definition) is 3. The molecule has 1 atom stereocenters. The maximum atomic E-state index is 12.8. The van der Waals surface area contributed by atoms with E-state index in [2.05, 4.69) is 17.1 Å². The lowest BCUT2D eigenvalue weighted by Gasteiger charge is -2.38. The fraction of sp³-hybridized carbons (Fsp3) is 0.941. The first kappa shape index (κ1) is 15.3. The molecular formula is C17H30N2O2. The molecule has 0 spiro atoms. The monoisotopic (exact) mass is 294 g/mol. The molecule has 120 valence electrons. The largest absolute Gasteiger partial charge is 0.378 e. The summed E-state index contributed by atoms with van der Waals surface area (Å²) in [5.74, 6) is 1.26. The lowest BCUT2D eigenvalue weighted by molar-refractivity contribution is -0.136. The van der Waals surface area contributed by atoms with Crippen molar-refractivity contribution in [2.24, 2.45) is 5.92 Å². The minimum atomic E-state index is 0.222. The van der Waals surface area contributed by atoms with E-state index in [1.807, 2.05) is 0 Å². The summed E-state index contributed by atoms with van der Waals surface area (Å²) in [6.07, 6.45) is 9.40. The molecular weight excluding hydrogens is 264 g/mol. The number of morpholine rings is 1. The van der Waals surface area contributed by atoms with E-state index in [0.29, 0.717) is 31.0 Å². The summed E-state index contributed by atoms with van der Waals surface area (Å²) in [7, 11) is 0. The van der Waals surface area contributed by atoms with E-state index in [1.165, 1.54) is 44.9 Å². The van der Waals surface area contributed by atoms with Crippen molar-refractivity contribution < 1.29 is 9.53 Å². The third-order valence-electron chi connectivity index (χ3n) is 5.43. The molecule has 0 aromatic carbocycles. The van der Waals surface area contributed by atoms with Gasteiger partial charge in [-0.3, -0.25) is 4.79 Å². The number of carbonyl (C=O) groups is 1. The van der Waals surface area contributed by atoms with Crippen LogP contribution in [0.3, 0.4) is 0 Å². The summed E-state index contributed by atoms with van der Waals surface area (Å²) in [6, 6.07) is 1.28. The summed E-state index contributed by atoms with van der Waals surface area (Å²) >= 11 is 0. The van der Waals surface area contributed by atoms with Crippen molar-refractivity contribution in [2.45, 2.75) is 76.4 Å². The minimum absolute atomic E-state index is 0.222. The van der Waals surface area contributed by atoms with E-state index in [-0.39, 0.29) is 6.04 Å². The summed E-state index contributed by atoms with van der Waals surface area (Å²) in [6.45, 7) is 4.64. The minimum Gasteiger partial charge on any atom is -0.378 e. The van der Waals surface area contributed by atoms with Gasteiger partial charge in [-0.1, -0.05) is 13.3 Å². The molecule has 4 nitrogen and oxygen atoms in total. The molecule has 2 aliphatic carbocycles. The Balaban J connectivity index is 1.55. The maximum Gasteiger partial charge on any atom is 0.224 e. The normalized spacial score (nSPS) is 33.7. The molecule has 1 N–H and O–H groups in total. The van der Waals surface area contributed by atoms with Crippen LogP contribution in [0.4, 0.5) is 0 Å². The molecule has 3 rings (SSSR count). The molecule has 21 heavy (non-hydrogen) atoms. The van der Waals surface area contributed by atoms with Crippen LogP contribution in [0.15, 0.2) is 0 Å². The van der Waals surface area contributed by atoms with Crippen LogP contribution in [0.2, 0.25) is 0 Å². The highest BCUT2D eigenvalue weighted by molar-refractivity contribution is 5.78. The second-order valence-electron chi connectivity index (χ2n) is 7.05. The first-order chi connectivity index (χ1) is 10.3. The second kappa shape index (κ2) is 7.10. The van der Waals surface area contributed by atoms with Gasteiger partial charge in [-0.05, 0) is 44.4 Å². The quantitative estimate of drug-likeness (QED) is 0.846. The Kier molecular flexibility index (Phi) is 5.17. The van der Waals surface area contributed by atoms with Crippen molar-refractivity contribution in [1.29, 1.82) is 0 Å². The highest BCUT2D eigenvalue weighted by Gasteiger charge is 2.39. The molecule has 1 amide bonds. The SMILES string of the molecule is CCC1CCC(N(C(=O)CC2COCCN2)C2CC2)CC1. The smallest absolute Gasteiger partial charge is 0.224 e. The predicted molar refractivity (Wildman–Crippen MR) is 83.1 cm³/mol. The van der Waals surface area contributed by atoms with Gasteiger partial charge in [-0.2, -0.15) is 0 Å². The van der Waals surface area contributed by atoms with Crippen LogP contribution in [-0.2, 0) is 9.53 Å². The number of rotatable bonds is 5. The Bertz CT molecular complexity index is 343. The van der Waals surface area contributed by atoms with Crippen LogP contribution < -0.4 is 5.32 Å². The van der Waals surface area contributed by atoms with Crippen molar-refractivity contribution in [3.05, 3.63) is 0 Å². The molecule has 0 aromatic rings. The Hall–Kier alpha value is -0.610. The zero-order valence-corrected chi connectivity index (χ0v) is 13.4. The molecule has 1 aliphatic heterocycles. The molecule has 0 bridgehead atoms. The molecule has 4 heteroatoms. The average Bonchev–Trinajstić information content (AvgIpc) is 3.34. The number of nitrogens with zero attached hydrogens (tertiary/aromatic N) is 1. The van der Waals surface area contributed by atoms with Crippen molar-refractivity contribution in [2.75, 3.05) is 19.8 Å². The van der Waals surface area contributed by atoms with Gasteiger partial charge in [0.05, 0.1) is 13.2 Å². The van der Waals surface area contributed by atoms with E-state index >= 15 is 0 Å². The van der Waals surface area contributed by atoms with Gasteiger partial charge < -0.3 is 15.0 Å². The van der Waals surface area contributed by atoms with Gasteiger partial charge in [0.25, 0.3) is 0 Å². The van der Waals surface area contributed by atoms with Gasteiger partial charge in [0.15, 0.2) is 0 Å². The number of ether oxygens (including phenoxy) is 1. The van der Waals surface area contributed by atoms with Crippen LogP contribution >= 0.6 is 0 Å². The van der Waals surface area contributed by atoms with Gasteiger partial charge in [0.1, 0.15) is 0 Å². The third kappa shape index (κ3) is 3.98. The molecule has 0 radical (unpaired) electrons. The fourth-order valence-electron chi connectivity index (χ4n) is 3.96. The average molecular weight is 294 g/mol. The Morgan fingerprint density at radius 3 is 2.33 bits per heavy atom. The second-order valence-corrected chi connectivity index (χ2v) is 7.05. The highest BCUT2D eigenvalue weighted by Crippen LogP contribution is 2.36. The van der Waals surface area contributed by atoms with Crippen LogP contribution in [0.25, 0.3) is 0 Å². The van der Waals surface area contributed by atoms with Crippen molar-refractivity contribution in [3.63, 3.8) is 0 Å². The molecule has 1 heterocycles. The Morgan fingerprint density at radius 2 is 1.81 bits per heavy atom. The topological polar surface area (TPSA) is 41.6 Å². The van der Waals surface area contributed by atoms with Crippen LogP contribution in [0.5, 0.6) is 0 Å². The molecule has 0 aromatic heterocycles. The fourth-order valence-corrected chi connectivity index (χ4v) is 3.96. The molecule has 1 unspecified atom stereocenters. The Morgan fingerprint density at radius 1 is 1.14 bits per heavy atom. The van der Waals surface area contributed by atoms with E-state index in [4.69, 9.17) is 4.74 Å². The van der Waals surface area contributed by atoms with Gasteiger partial charge in [-0.25, -0.2) is 0 Å². The van der Waals surface area contributed by atoms with Crippen molar-refractivity contribution >= 4 is 5.91 Å². The number of nitrogens with one attached hydrogen (secondary N) is 1. The lowest BCUT2D eigenvalue weighted by Crippen LogP contribution is -2.49. The third-order valence-corrected chi connectivity index (χ3v) is 5.43. The molecule has 3 fully saturated rings. The van der Waals surface area contributed by atoms with E-state index in [0.717, 1.165) is 19.1 Å². The van der Waals surface area contributed by atoms with Gasteiger partial charge in [0, 0.05) is 31.1 Å².